The van der Waals surface area contributed by atoms with Gasteiger partial charge in [-0.25, -0.2) is 15.2 Å². The van der Waals surface area contributed by atoms with Gasteiger partial charge in [-0.15, -0.1) is 0 Å². The Labute approximate surface area is 123 Å². The molecular formula is C11H8Cl3FN4. The second-order valence-electron chi connectivity index (χ2n) is 3.54. The van der Waals surface area contributed by atoms with E-state index >= 15 is 0 Å². The van der Waals surface area contributed by atoms with E-state index in [9.17, 15) is 4.39 Å². The summed E-state index contributed by atoms with van der Waals surface area (Å²) < 4.78 is 13.6. The van der Waals surface area contributed by atoms with Gasteiger partial charge in [-0.05, 0) is 24.3 Å². The van der Waals surface area contributed by atoms with Crippen molar-refractivity contribution in [3.8, 4) is 0 Å². The van der Waals surface area contributed by atoms with Crippen LogP contribution in [0, 0.1) is 5.82 Å². The lowest BCUT2D eigenvalue weighted by Crippen LogP contribution is -2.10. The Morgan fingerprint density at radius 3 is 2.42 bits per heavy atom. The molecule has 0 aliphatic rings. The van der Waals surface area contributed by atoms with Crippen molar-refractivity contribution in [2.24, 2.45) is 5.84 Å². The molecule has 1 aromatic carbocycles. The van der Waals surface area contributed by atoms with Crippen molar-refractivity contribution in [3.63, 3.8) is 0 Å². The topological polar surface area (TPSA) is 63.0 Å². The number of nitrogens with two attached hydrogens (primary N) is 1. The lowest BCUT2D eigenvalue weighted by atomic mass is 10.3. The number of nitrogens with zero attached hydrogens (tertiary/aromatic N) is 1. The number of hydrazine groups is 1. The van der Waals surface area contributed by atoms with Gasteiger partial charge in [-0.3, -0.25) is 0 Å². The molecule has 4 nitrogen and oxygen atoms in total. The van der Waals surface area contributed by atoms with E-state index in [1.165, 1.54) is 24.3 Å². The fourth-order valence-electron chi connectivity index (χ4n) is 1.38. The maximum absolute atomic E-state index is 13.6. The van der Waals surface area contributed by atoms with E-state index < -0.39 is 5.82 Å². The second-order valence-corrected chi connectivity index (χ2v) is 4.79. The molecule has 100 valence electrons. The van der Waals surface area contributed by atoms with Crippen LogP contribution in [0.15, 0.2) is 24.3 Å². The Bertz CT molecular complexity index is 621. The summed E-state index contributed by atoms with van der Waals surface area (Å²) >= 11 is 17.6. The normalized spacial score (nSPS) is 10.4. The molecule has 0 radical (unpaired) electrons. The molecule has 19 heavy (non-hydrogen) atoms. The van der Waals surface area contributed by atoms with Gasteiger partial charge in [0.25, 0.3) is 0 Å². The molecule has 2 aromatic rings. The van der Waals surface area contributed by atoms with Crippen LogP contribution in [0.5, 0.6) is 0 Å². The van der Waals surface area contributed by atoms with Gasteiger partial charge in [0.1, 0.15) is 5.82 Å². The minimum Gasteiger partial charge on any atom is -0.336 e. The van der Waals surface area contributed by atoms with Crippen LogP contribution < -0.4 is 16.6 Å². The molecule has 2 rings (SSSR count). The number of hydrogen-bond acceptors (Lipinski definition) is 4. The van der Waals surface area contributed by atoms with Gasteiger partial charge in [0.2, 0.25) is 0 Å². The van der Waals surface area contributed by atoms with E-state index in [0.717, 1.165) is 0 Å². The summed E-state index contributed by atoms with van der Waals surface area (Å²) in [6, 6.07) is 5.53. The highest BCUT2D eigenvalue weighted by atomic mass is 35.5. The Morgan fingerprint density at radius 1 is 1.05 bits per heavy atom. The summed E-state index contributed by atoms with van der Waals surface area (Å²) in [5, 5.41) is 3.59. The van der Waals surface area contributed by atoms with Crippen molar-refractivity contribution in [2.45, 2.75) is 0 Å². The number of rotatable bonds is 3. The van der Waals surface area contributed by atoms with Gasteiger partial charge in [0, 0.05) is 5.02 Å². The number of nitrogen functional groups attached to an aromatic ring is 1. The van der Waals surface area contributed by atoms with Gasteiger partial charge < -0.3 is 10.7 Å². The van der Waals surface area contributed by atoms with Gasteiger partial charge >= 0.3 is 0 Å². The molecule has 0 saturated carbocycles. The molecule has 4 N–H and O–H groups in total. The van der Waals surface area contributed by atoms with Gasteiger partial charge in [-0.1, -0.05) is 34.8 Å². The van der Waals surface area contributed by atoms with E-state index in [1.807, 2.05) is 0 Å². The van der Waals surface area contributed by atoms with Crippen LogP contribution in [0.1, 0.15) is 0 Å². The molecule has 0 bridgehead atoms. The molecule has 0 unspecified atom stereocenters. The Morgan fingerprint density at radius 2 is 1.74 bits per heavy atom. The number of pyridine rings is 1. The fourth-order valence-corrected chi connectivity index (χ4v) is 2.01. The van der Waals surface area contributed by atoms with Crippen LogP contribution >= 0.6 is 34.8 Å². The number of aromatic nitrogens is 1. The molecule has 0 atom stereocenters. The second kappa shape index (κ2) is 5.79. The molecule has 0 saturated heterocycles. The molecule has 1 aromatic heterocycles. The highest BCUT2D eigenvalue weighted by Crippen LogP contribution is 2.31. The summed E-state index contributed by atoms with van der Waals surface area (Å²) in [6.45, 7) is 0. The minimum absolute atomic E-state index is 0.146. The largest absolute Gasteiger partial charge is 0.336 e. The lowest BCUT2D eigenvalue weighted by Gasteiger charge is -2.11. The maximum atomic E-state index is 13.6. The third-order valence-electron chi connectivity index (χ3n) is 2.25. The highest BCUT2D eigenvalue weighted by Gasteiger charge is 2.11. The predicted octanol–water partition coefficient (Wildman–Crippen LogP) is 4.21. The van der Waals surface area contributed by atoms with Crippen molar-refractivity contribution < 1.29 is 4.39 Å². The van der Waals surface area contributed by atoms with E-state index in [4.69, 9.17) is 40.6 Å². The van der Waals surface area contributed by atoms with Crippen molar-refractivity contribution in [1.82, 2.24) is 4.98 Å². The number of halogens is 4. The van der Waals surface area contributed by atoms with E-state index in [0.29, 0.717) is 5.02 Å². The molecule has 0 fully saturated rings. The van der Waals surface area contributed by atoms with Crippen molar-refractivity contribution in [1.29, 1.82) is 0 Å². The standard InChI is InChI=1S/C11H8Cl3FN4/c12-5-1-2-8(15)9(3-5)17-10-6(13)4-7(14)11(18-10)19-16/h1-4H,16H2,(H2,17,18,19). The average Bonchev–Trinajstić information content (AvgIpc) is 2.37. The first-order valence-electron chi connectivity index (χ1n) is 5.06. The van der Waals surface area contributed by atoms with E-state index in [-0.39, 0.29) is 27.4 Å². The van der Waals surface area contributed by atoms with Crippen LogP contribution in [0.4, 0.5) is 21.7 Å². The first kappa shape index (κ1) is 14.1. The molecular weight excluding hydrogens is 314 g/mol. The van der Waals surface area contributed by atoms with Crippen molar-refractivity contribution in [2.75, 3.05) is 10.7 Å². The summed E-state index contributed by atoms with van der Waals surface area (Å²) in [5.74, 6) is 5.19. The summed E-state index contributed by atoms with van der Waals surface area (Å²) in [4.78, 5) is 4.04. The molecule has 0 aliphatic heterocycles. The number of nitrogens with one attached hydrogen (secondary N) is 2. The zero-order valence-electron chi connectivity index (χ0n) is 9.35. The molecule has 0 amide bonds. The van der Waals surface area contributed by atoms with Crippen LogP contribution in [0.25, 0.3) is 0 Å². The third-order valence-corrected chi connectivity index (χ3v) is 3.06. The monoisotopic (exact) mass is 320 g/mol. The molecule has 1 heterocycles. The van der Waals surface area contributed by atoms with Crippen LogP contribution in [-0.2, 0) is 0 Å². The van der Waals surface area contributed by atoms with Gasteiger partial charge in [-0.2, -0.15) is 0 Å². The molecule has 0 aliphatic carbocycles. The predicted molar refractivity (Wildman–Crippen MR) is 76.8 cm³/mol. The minimum atomic E-state index is -0.487. The molecule has 0 spiro atoms. The van der Waals surface area contributed by atoms with Crippen LogP contribution in [-0.4, -0.2) is 4.98 Å². The Hall–Kier alpha value is -1.27. The smallest absolute Gasteiger partial charge is 0.161 e. The van der Waals surface area contributed by atoms with E-state index in [1.54, 1.807) is 0 Å². The van der Waals surface area contributed by atoms with Crippen molar-refractivity contribution in [3.05, 3.63) is 45.2 Å². The number of benzene rings is 1. The van der Waals surface area contributed by atoms with Gasteiger partial charge in [0.15, 0.2) is 11.6 Å². The van der Waals surface area contributed by atoms with Crippen LogP contribution in [0.3, 0.4) is 0 Å². The summed E-state index contributed by atoms with van der Waals surface area (Å²) in [7, 11) is 0. The van der Waals surface area contributed by atoms with Crippen LogP contribution in [0.2, 0.25) is 15.1 Å². The van der Waals surface area contributed by atoms with E-state index in [2.05, 4.69) is 15.7 Å². The third kappa shape index (κ3) is 3.19. The fraction of sp³-hybridized carbons (Fsp3) is 0. The zero-order chi connectivity index (χ0) is 14.0. The SMILES string of the molecule is NNc1nc(Nc2cc(Cl)ccc2F)c(Cl)cc1Cl. The summed E-state index contributed by atoms with van der Waals surface area (Å²) in [5.41, 5.74) is 2.46. The maximum Gasteiger partial charge on any atom is 0.161 e. The average molecular weight is 322 g/mol. The quantitative estimate of drug-likeness (QED) is 0.585. The first-order chi connectivity index (χ1) is 9.01. The number of hydrogen-bond donors (Lipinski definition) is 3. The van der Waals surface area contributed by atoms with Gasteiger partial charge in [0.05, 0.1) is 15.7 Å². The summed E-state index contributed by atoms with van der Waals surface area (Å²) in [6.07, 6.45) is 0. The molecule has 8 heteroatoms. The van der Waals surface area contributed by atoms with Crippen molar-refractivity contribution >= 4 is 52.1 Å². The Balaban J connectivity index is 2.40. The lowest BCUT2D eigenvalue weighted by molar-refractivity contribution is 0.632. The highest BCUT2D eigenvalue weighted by molar-refractivity contribution is 6.37. The first-order valence-corrected chi connectivity index (χ1v) is 6.19. The zero-order valence-corrected chi connectivity index (χ0v) is 11.6. The Kier molecular flexibility index (Phi) is 4.31. The number of anilines is 3.